The SMILES string of the molecule is CCOCCCNC(=O)N1CCC(Oc2ccccc2-c2nc(-c3ccncc3)no2)C1. The van der Waals surface area contributed by atoms with E-state index in [-0.39, 0.29) is 12.1 Å². The van der Waals surface area contributed by atoms with Gasteiger partial charge in [-0.25, -0.2) is 4.79 Å². The van der Waals surface area contributed by atoms with E-state index in [2.05, 4.69) is 20.4 Å². The van der Waals surface area contributed by atoms with E-state index in [1.807, 2.05) is 43.3 Å². The van der Waals surface area contributed by atoms with Crippen LogP contribution in [0.3, 0.4) is 0 Å². The molecule has 3 heterocycles. The number of rotatable bonds is 9. The first kappa shape index (κ1) is 21.8. The van der Waals surface area contributed by atoms with Gasteiger partial charge in [-0.15, -0.1) is 0 Å². The minimum Gasteiger partial charge on any atom is -0.488 e. The lowest BCUT2D eigenvalue weighted by Crippen LogP contribution is -2.40. The monoisotopic (exact) mass is 437 g/mol. The molecule has 2 aromatic heterocycles. The van der Waals surface area contributed by atoms with Gasteiger partial charge in [0.1, 0.15) is 11.9 Å². The molecule has 2 amide bonds. The summed E-state index contributed by atoms with van der Waals surface area (Å²) in [6.45, 7) is 5.07. The lowest BCUT2D eigenvalue weighted by molar-refractivity contribution is 0.144. The topological polar surface area (TPSA) is 103 Å². The fourth-order valence-corrected chi connectivity index (χ4v) is 3.51. The van der Waals surface area contributed by atoms with Crippen molar-refractivity contribution in [1.82, 2.24) is 25.3 Å². The molecule has 1 unspecified atom stereocenters. The number of nitrogens with zero attached hydrogens (tertiary/aromatic N) is 4. The van der Waals surface area contributed by atoms with Crippen molar-refractivity contribution >= 4 is 6.03 Å². The van der Waals surface area contributed by atoms with Gasteiger partial charge in [0.25, 0.3) is 5.89 Å². The zero-order valence-corrected chi connectivity index (χ0v) is 18.1. The van der Waals surface area contributed by atoms with Crippen molar-refractivity contribution in [3.63, 3.8) is 0 Å². The number of carbonyl (C=O) groups is 1. The first-order chi connectivity index (χ1) is 15.7. The fraction of sp³-hybridized carbons (Fsp3) is 0.391. The van der Waals surface area contributed by atoms with Crippen LogP contribution in [0.4, 0.5) is 4.79 Å². The Morgan fingerprint density at radius 2 is 2.09 bits per heavy atom. The number of hydrogen-bond donors (Lipinski definition) is 1. The molecule has 0 bridgehead atoms. The van der Waals surface area contributed by atoms with E-state index >= 15 is 0 Å². The first-order valence-corrected chi connectivity index (χ1v) is 10.8. The average Bonchev–Trinajstić information content (AvgIpc) is 3.50. The van der Waals surface area contributed by atoms with E-state index in [0.717, 1.165) is 24.0 Å². The van der Waals surface area contributed by atoms with Gasteiger partial charge in [-0.1, -0.05) is 17.3 Å². The Balaban J connectivity index is 1.36. The number of aromatic nitrogens is 3. The predicted octanol–water partition coefficient (Wildman–Crippen LogP) is 3.39. The zero-order valence-electron chi connectivity index (χ0n) is 18.1. The van der Waals surface area contributed by atoms with E-state index in [1.54, 1.807) is 17.3 Å². The Morgan fingerprint density at radius 3 is 2.94 bits per heavy atom. The second-order valence-electron chi connectivity index (χ2n) is 7.41. The highest BCUT2D eigenvalue weighted by Gasteiger charge is 2.28. The van der Waals surface area contributed by atoms with E-state index < -0.39 is 0 Å². The van der Waals surface area contributed by atoms with Crippen LogP contribution in [0.25, 0.3) is 22.8 Å². The van der Waals surface area contributed by atoms with Crippen LogP contribution in [0.1, 0.15) is 19.8 Å². The summed E-state index contributed by atoms with van der Waals surface area (Å²) in [5, 5.41) is 7.02. The van der Waals surface area contributed by atoms with Crippen LogP contribution in [0, 0.1) is 0 Å². The van der Waals surface area contributed by atoms with E-state index in [0.29, 0.717) is 50.3 Å². The maximum atomic E-state index is 12.4. The summed E-state index contributed by atoms with van der Waals surface area (Å²) in [7, 11) is 0. The number of ether oxygens (including phenoxy) is 2. The molecule has 4 rings (SSSR count). The van der Waals surface area contributed by atoms with Gasteiger partial charge in [-0.05, 0) is 37.6 Å². The summed E-state index contributed by atoms with van der Waals surface area (Å²) in [5.74, 6) is 1.53. The Labute approximate surface area is 186 Å². The molecule has 9 nitrogen and oxygen atoms in total. The minimum absolute atomic E-state index is 0.0697. The van der Waals surface area contributed by atoms with Crippen molar-refractivity contribution in [3.8, 4) is 28.6 Å². The molecule has 0 radical (unpaired) electrons. The maximum Gasteiger partial charge on any atom is 0.317 e. The number of benzene rings is 1. The molecule has 3 aromatic rings. The third-order valence-electron chi connectivity index (χ3n) is 5.15. The van der Waals surface area contributed by atoms with Gasteiger partial charge in [-0.3, -0.25) is 4.98 Å². The summed E-state index contributed by atoms with van der Waals surface area (Å²) in [6, 6.07) is 11.1. The number of amides is 2. The fourth-order valence-electron chi connectivity index (χ4n) is 3.51. The minimum atomic E-state index is -0.104. The van der Waals surface area contributed by atoms with Gasteiger partial charge in [0.15, 0.2) is 0 Å². The molecule has 0 aliphatic carbocycles. The molecule has 1 N–H and O–H groups in total. The normalized spacial score (nSPS) is 15.7. The summed E-state index contributed by atoms with van der Waals surface area (Å²) in [4.78, 5) is 22.7. The Hall–Kier alpha value is -3.46. The highest BCUT2D eigenvalue weighted by Crippen LogP contribution is 2.31. The summed E-state index contributed by atoms with van der Waals surface area (Å²) in [6.07, 6.45) is 4.82. The molecule has 1 aromatic carbocycles. The second-order valence-corrected chi connectivity index (χ2v) is 7.41. The third-order valence-corrected chi connectivity index (χ3v) is 5.15. The number of carbonyl (C=O) groups excluding carboxylic acids is 1. The number of likely N-dealkylation sites (tertiary alicyclic amines) is 1. The van der Waals surface area contributed by atoms with Gasteiger partial charge in [-0.2, -0.15) is 4.98 Å². The van der Waals surface area contributed by atoms with Gasteiger partial charge in [0.2, 0.25) is 5.82 Å². The van der Waals surface area contributed by atoms with Gasteiger partial charge < -0.3 is 24.2 Å². The zero-order chi connectivity index (χ0) is 22.2. The van der Waals surface area contributed by atoms with Crippen LogP contribution >= 0.6 is 0 Å². The molecule has 1 saturated heterocycles. The molecule has 0 saturated carbocycles. The van der Waals surface area contributed by atoms with Crippen LogP contribution in [0.2, 0.25) is 0 Å². The lowest BCUT2D eigenvalue weighted by Gasteiger charge is -2.18. The highest BCUT2D eigenvalue weighted by atomic mass is 16.5. The van der Waals surface area contributed by atoms with Crippen LogP contribution < -0.4 is 10.1 Å². The van der Waals surface area contributed by atoms with E-state index in [9.17, 15) is 4.79 Å². The van der Waals surface area contributed by atoms with E-state index in [1.165, 1.54) is 0 Å². The summed E-state index contributed by atoms with van der Waals surface area (Å²) in [5.41, 5.74) is 1.55. The van der Waals surface area contributed by atoms with Crippen LogP contribution in [0.15, 0.2) is 53.3 Å². The number of nitrogens with one attached hydrogen (secondary N) is 1. The van der Waals surface area contributed by atoms with Gasteiger partial charge in [0.05, 0.1) is 12.1 Å². The number of para-hydroxylation sites is 1. The van der Waals surface area contributed by atoms with Crippen molar-refractivity contribution in [3.05, 3.63) is 48.8 Å². The molecule has 1 aliphatic heterocycles. The number of urea groups is 1. The summed E-state index contributed by atoms with van der Waals surface area (Å²) < 4.78 is 17.0. The molecule has 168 valence electrons. The third kappa shape index (κ3) is 5.42. The highest BCUT2D eigenvalue weighted by molar-refractivity contribution is 5.74. The van der Waals surface area contributed by atoms with Crippen LogP contribution in [0.5, 0.6) is 5.75 Å². The maximum absolute atomic E-state index is 12.4. The van der Waals surface area contributed by atoms with Crippen LogP contribution in [-0.4, -0.2) is 65.0 Å². The standard InChI is InChI=1S/C23H27N5O4/c1-2-30-15-5-11-25-23(29)28-14-10-18(16-28)31-20-7-4-3-6-19(20)22-26-21(27-32-22)17-8-12-24-13-9-17/h3-4,6-9,12-13,18H,2,5,10-11,14-16H2,1H3,(H,25,29). The van der Waals surface area contributed by atoms with Crippen molar-refractivity contribution in [1.29, 1.82) is 0 Å². The van der Waals surface area contributed by atoms with Gasteiger partial charge in [0, 0.05) is 50.7 Å². The Bertz CT molecular complexity index is 1010. The number of hydrogen-bond acceptors (Lipinski definition) is 7. The largest absolute Gasteiger partial charge is 0.488 e. The molecule has 9 heteroatoms. The van der Waals surface area contributed by atoms with Crippen molar-refractivity contribution < 1.29 is 18.8 Å². The Morgan fingerprint density at radius 1 is 1.25 bits per heavy atom. The molecular weight excluding hydrogens is 410 g/mol. The molecule has 0 spiro atoms. The molecule has 1 atom stereocenters. The molecule has 32 heavy (non-hydrogen) atoms. The second kappa shape index (κ2) is 10.7. The molecule has 1 aliphatic rings. The van der Waals surface area contributed by atoms with Crippen molar-refractivity contribution in [2.45, 2.75) is 25.9 Å². The van der Waals surface area contributed by atoms with Gasteiger partial charge >= 0.3 is 6.03 Å². The predicted molar refractivity (Wildman–Crippen MR) is 118 cm³/mol. The first-order valence-electron chi connectivity index (χ1n) is 10.8. The lowest BCUT2D eigenvalue weighted by atomic mass is 10.2. The van der Waals surface area contributed by atoms with Crippen molar-refractivity contribution in [2.75, 3.05) is 32.8 Å². The Kier molecular flexibility index (Phi) is 7.29. The van der Waals surface area contributed by atoms with Crippen LogP contribution in [-0.2, 0) is 4.74 Å². The quantitative estimate of drug-likeness (QED) is 0.512. The smallest absolute Gasteiger partial charge is 0.317 e. The summed E-state index contributed by atoms with van der Waals surface area (Å²) >= 11 is 0. The van der Waals surface area contributed by atoms with E-state index in [4.69, 9.17) is 14.0 Å². The molecule has 1 fully saturated rings. The average molecular weight is 438 g/mol. The van der Waals surface area contributed by atoms with Crippen molar-refractivity contribution in [2.24, 2.45) is 0 Å². The number of pyridine rings is 1. The molecular formula is C23H27N5O4.